The highest BCUT2D eigenvalue weighted by atomic mass is 19.1. The van der Waals surface area contributed by atoms with Gasteiger partial charge < -0.3 is 0 Å². The number of benzene rings is 3. The Kier molecular flexibility index (Phi) is 10.0. The maximum absolute atomic E-state index is 15.0. The van der Waals surface area contributed by atoms with Gasteiger partial charge in [-0.15, -0.1) is 0 Å². The molecule has 0 saturated heterocycles. The highest BCUT2D eigenvalue weighted by Gasteiger charge is 2.20. The largest absolute Gasteiger partial charge is 0.205 e. The number of rotatable bonds is 10. The summed E-state index contributed by atoms with van der Waals surface area (Å²) in [6.45, 7) is 4.41. The van der Waals surface area contributed by atoms with Crippen LogP contribution < -0.4 is 0 Å². The van der Waals surface area contributed by atoms with Crippen molar-refractivity contribution >= 4 is 10.8 Å². The molecule has 1 aliphatic rings. The molecule has 0 radical (unpaired) electrons. The van der Waals surface area contributed by atoms with Gasteiger partial charge in [0.25, 0.3) is 0 Å². The van der Waals surface area contributed by atoms with Crippen molar-refractivity contribution in [2.75, 3.05) is 0 Å². The second kappa shape index (κ2) is 13.6. The van der Waals surface area contributed by atoms with Crippen molar-refractivity contribution in [2.24, 2.45) is 11.8 Å². The van der Waals surface area contributed by atoms with Gasteiger partial charge in [0.15, 0.2) is 0 Å². The first-order chi connectivity index (χ1) is 17.7. The SMILES string of the molecule is CCCCCCCC1CCC(CCc2ccc(C#Cc3ccc4cc(CC)ccc4c3F)cc2)CC1. The number of unbranched alkanes of at least 4 members (excludes halogenated alkanes) is 4. The Morgan fingerprint density at radius 1 is 0.722 bits per heavy atom. The van der Waals surface area contributed by atoms with Gasteiger partial charge in [0.2, 0.25) is 0 Å². The second-order valence-corrected chi connectivity index (χ2v) is 10.9. The summed E-state index contributed by atoms with van der Waals surface area (Å²) in [5.41, 5.74) is 4.02. The van der Waals surface area contributed by atoms with E-state index < -0.39 is 0 Å². The fourth-order valence-corrected chi connectivity index (χ4v) is 5.77. The van der Waals surface area contributed by atoms with Crippen molar-refractivity contribution < 1.29 is 4.39 Å². The van der Waals surface area contributed by atoms with Crippen LogP contribution in [0.5, 0.6) is 0 Å². The fourth-order valence-electron chi connectivity index (χ4n) is 5.77. The van der Waals surface area contributed by atoms with E-state index in [1.54, 1.807) is 6.07 Å². The molecule has 3 aromatic rings. The molecule has 0 aromatic heterocycles. The third-order valence-corrected chi connectivity index (χ3v) is 8.25. The van der Waals surface area contributed by atoms with E-state index in [0.717, 1.165) is 35.6 Å². The Labute approximate surface area is 218 Å². The zero-order chi connectivity index (χ0) is 25.2. The Morgan fingerprint density at radius 3 is 2.14 bits per heavy atom. The Balaban J connectivity index is 1.24. The molecule has 3 aromatic carbocycles. The molecule has 36 heavy (non-hydrogen) atoms. The van der Waals surface area contributed by atoms with Gasteiger partial charge in [-0.25, -0.2) is 4.39 Å². The lowest BCUT2D eigenvalue weighted by Gasteiger charge is -2.28. The smallest absolute Gasteiger partial charge is 0.146 e. The zero-order valence-electron chi connectivity index (χ0n) is 22.4. The second-order valence-electron chi connectivity index (χ2n) is 10.9. The topological polar surface area (TPSA) is 0 Å². The van der Waals surface area contributed by atoms with Crippen molar-refractivity contribution in [3.63, 3.8) is 0 Å². The first-order valence-electron chi connectivity index (χ1n) is 14.5. The van der Waals surface area contributed by atoms with E-state index in [0.29, 0.717) is 10.9 Å². The number of halogens is 1. The van der Waals surface area contributed by atoms with E-state index in [9.17, 15) is 4.39 Å². The molecular weight excluding hydrogens is 439 g/mol. The normalized spacial score (nSPS) is 17.6. The van der Waals surface area contributed by atoms with Crippen LogP contribution in [-0.2, 0) is 12.8 Å². The number of hydrogen-bond donors (Lipinski definition) is 0. The van der Waals surface area contributed by atoms with Gasteiger partial charge in [0.1, 0.15) is 5.82 Å². The number of hydrogen-bond acceptors (Lipinski definition) is 0. The lowest BCUT2D eigenvalue weighted by atomic mass is 9.77. The van der Waals surface area contributed by atoms with Crippen molar-refractivity contribution in [1.82, 2.24) is 0 Å². The van der Waals surface area contributed by atoms with E-state index in [2.05, 4.69) is 56.0 Å². The average molecular weight is 483 g/mol. The average Bonchev–Trinajstić information content (AvgIpc) is 2.92. The summed E-state index contributed by atoms with van der Waals surface area (Å²) in [5, 5.41) is 1.59. The van der Waals surface area contributed by atoms with Crippen LogP contribution in [0.15, 0.2) is 54.6 Å². The van der Waals surface area contributed by atoms with Crippen molar-refractivity contribution in [3.8, 4) is 11.8 Å². The molecule has 0 aliphatic heterocycles. The highest BCUT2D eigenvalue weighted by Crippen LogP contribution is 2.34. The number of aryl methyl sites for hydroxylation is 2. The standard InChI is InChI=1S/C35H43F/c1-3-5-6-7-8-9-28-10-12-29(13-11-28)14-15-30-16-18-31(19-17-30)20-22-32-23-24-33-26-27(4-2)21-25-34(33)35(32)36/h16-19,21,23-26,28-29H,3-15H2,1-2H3. The quantitative estimate of drug-likeness (QED) is 0.199. The molecule has 0 bridgehead atoms. The molecule has 0 N–H and O–H groups in total. The summed E-state index contributed by atoms with van der Waals surface area (Å²) in [5.74, 6) is 7.89. The van der Waals surface area contributed by atoms with E-state index in [1.807, 2.05) is 18.2 Å². The Bertz CT molecular complexity index is 1150. The lowest BCUT2D eigenvalue weighted by Crippen LogP contribution is -2.15. The summed E-state index contributed by atoms with van der Waals surface area (Å²) >= 11 is 0. The van der Waals surface area contributed by atoms with Gasteiger partial charge in [-0.05, 0) is 65.8 Å². The fraction of sp³-hybridized carbons (Fsp3) is 0.486. The first kappa shape index (κ1) is 26.5. The van der Waals surface area contributed by atoms with Crippen LogP contribution in [0.3, 0.4) is 0 Å². The molecule has 1 aliphatic carbocycles. The summed E-state index contributed by atoms with van der Waals surface area (Å²) in [7, 11) is 0. The van der Waals surface area contributed by atoms with Gasteiger partial charge >= 0.3 is 0 Å². The van der Waals surface area contributed by atoms with Gasteiger partial charge in [-0.1, -0.05) is 126 Å². The van der Waals surface area contributed by atoms with Gasteiger partial charge in [-0.2, -0.15) is 0 Å². The van der Waals surface area contributed by atoms with Crippen LogP contribution in [0.2, 0.25) is 0 Å². The summed E-state index contributed by atoms with van der Waals surface area (Å²) in [4.78, 5) is 0. The van der Waals surface area contributed by atoms with Gasteiger partial charge in [-0.3, -0.25) is 0 Å². The maximum Gasteiger partial charge on any atom is 0.146 e. The van der Waals surface area contributed by atoms with Crippen molar-refractivity contribution in [2.45, 2.75) is 97.3 Å². The predicted molar refractivity (Wildman–Crippen MR) is 153 cm³/mol. The summed E-state index contributed by atoms with van der Waals surface area (Å²) in [6, 6.07) is 18.3. The summed E-state index contributed by atoms with van der Waals surface area (Å²) in [6.07, 6.45) is 17.6. The molecule has 0 spiro atoms. The van der Waals surface area contributed by atoms with E-state index in [-0.39, 0.29) is 5.82 Å². The van der Waals surface area contributed by atoms with Crippen LogP contribution in [0.4, 0.5) is 4.39 Å². The molecule has 0 atom stereocenters. The van der Waals surface area contributed by atoms with E-state index >= 15 is 0 Å². The zero-order valence-corrected chi connectivity index (χ0v) is 22.4. The van der Waals surface area contributed by atoms with Gasteiger partial charge in [0, 0.05) is 10.9 Å². The third-order valence-electron chi connectivity index (χ3n) is 8.25. The molecule has 4 rings (SSSR count). The Hall–Kier alpha value is -2.59. The van der Waals surface area contributed by atoms with E-state index in [1.165, 1.54) is 81.8 Å². The molecular formula is C35H43F. The van der Waals surface area contributed by atoms with Crippen LogP contribution in [-0.4, -0.2) is 0 Å². The van der Waals surface area contributed by atoms with Crippen molar-refractivity contribution in [3.05, 3.63) is 82.7 Å². The third kappa shape index (κ3) is 7.46. The molecule has 1 fully saturated rings. The van der Waals surface area contributed by atoms with Gasteiger partial charge in [0.05, 0.1) is 5.56 Å². The van der Waals surface area contributed by atoms with Crippen LogP contribution >= 0.6 is 0 Å². The Morgan fingerprint density at radius 2 is 1.42 bits per heavy atom. The minimum atomic E-state index is -0.217. The highest BCUT2D eigenvalue weighted by molar-refractivity contribution is 5.85. The lowest BCUT2D eigenvalue weighted by molar-refractivity contribution is 0.248. The molecule has 190 valence electrons. The van der Waals surface area contributed by atoms with Crippen molar-refractivity contribution in [1.29, 1.82) is 0 Å². The molecule has 0 heterocycles. The molecule has 0 unspecified atom stereocenters. The monoisotopic (exact) mass is 482 g/mol. The van der Waals surface area contributed by atoms with E-state index in [4.69, 9.17) is 0 Å². The minimum Gasteiger partial charge on any atom is -0.205 e. The maximum atomic E-state index is 15.0. The van der Waals surface area contributed by atoms with Crippen LogP contribution in [0.1, 0.15) is 107 Å². The number of fused-ring (bicyclic) bond motifs is 1. The molecule has 0 amide bonds. The molecule has 1 heteroatoms. The minimum absolute atomic E-state index is 0.217. The first-order valence-corrected chi connectivity index (χ1v) is 14.5. The van der Waals surface area contributed by atoms with Crippen LogP contribution in [0, 0.1) is 29.5 Å². The molecule has 0 nitrogen and oxygen atoms in total. The van der Waals surface area contributed by atoms with Crippen LogP contribution in [0.25, 0.3) is 10.8 Å². The predicted octanol–water partition coefficient (Wildman–Crippen LogP) is 10.0. The molecule has 1 saturated carbocycles. The summed E-state index contributed by atoms with van der Waals surface area (Å²) < 4.78 is 15.0.